The van der Waals surface area contributed by atoms with Gasteiger partial charge in [0, 0.05) is 36.9 Å². The topological polar surface area (TPSA) is 144 Å². The van der Waals surface area contributed by atoms with E-state index in [4.69, 9.17) is 32.5 Å². The highest BCUT2D eigenvalue weighted by Crippen LogP contribution is 2.51. The van der Waals surface area contributed by atoms with Crippen LogP contribution in [0.25, 0.3) is 32.1 Å². The number of nitrogen functional groups attached to an aromatic ring is 1. The van der Waals surface area contributed by atoms with Crippen molar-refractivity contribution in [3.8, 4) is 29.0 Å². The maximum atomic E-state index is 16.9. The molecule has 0 unspecified atom stereocenters. The van der Waals surface area contributed by atoms with Crippen LogP contribution in [-0.2, 0) is 4.79 Å². The monoisotopic (exact) mass is 657 g/mol. The minimum Gasteiger partial charge on any atom is -0.489 e. The van der Waals surface area contributed by atoms with Gasteiger partial charge in [0.05, 0.1) is 32.8 Å². The lowest BCUT2D eigenvalue weighted by Crippen LogP contribution is -2.43. The number of primary amides is 1. The van der Waals surface area contributed by atoms with Crippen molar-refractivity contribution in [1.29, 1.82) is 5.26 Å². The average molecular weight is 658 g/mol. The number of benzene rings is 2. The SMILES string of the molecule is N#Cc1c(N)sc2c(F)ccc(-c3c(Cl)c4c5c(nc(OC[C@@]67CCCN6C[C@H](F)C7)nc5c3F)N(CCC(N)=O)CCO4)c12. The van der Waals surface area contributed by atoms with Gasteiger partial charge in [-0.2, -0.15) is 15.2 Å². The predicted octanol–water partition coefficient (Wildman–Crippen LogP) is 4.93. The number of ether oxygens (including phenoxy) is 2. The van der Waals surface area contributed by atoms with Crippen molar-refractivity contribution in [3.63, 3.8) is 0 Å². The molecular formula is C30H27ClF3N7O3S. The molecule has 0 radical (unpaired) electrons. The Kier molecular flexibility index (Phi) is 7.30. The molecule has 234 valence electrons. The number of alkyl halides is 1. The lowest BCUT2D eigenvalue weighted by molar-refractivity contribution is -0.117. The lowest BCUT2D eigenvalue weighted by Gasteiger charge is -2.31. The molecule has 5 heterocycles. The van der Waals surface area contributed by atoms with Gasteiger partial charge in [-0.1, -0.05) is 17.7 Å². The third kappa shape index (κ3) is 4.76. The second kappa shape index (κ2) is 11.1. The van der Waals surface area contributed by atoms with Crippen LogP contribution in [0.4, 0.5) is 24.0 Å². The van der Waals surface area contributed by atoms with Crippen LogP contribution >= 0.6 is 22.9 Å². The van der Waals surface area contributed by atoms with Crippen LogP contribution in [0.1, 0.15) is 31.2 Å². The Morgan fingerprint density at radius 2 is 2.11 bits per heavy atom. The molecule has 0 aliphatic carbocycles. The summed E-state index contributed by atoms with van der Waals surface area (Å²) in [6.07, 6.45) is 0.985. The summed E-state index contributed by atoms with van der Waals surface area (Å²) in [6, 6.07) is 4.34. The van der Waals surface area contributed by atoms with Gasteiger partial charge in [-0.25, -0.2) is 13.2 Å². The van der Waals surface area contributed by atoms with Gasteiger partial charge >= 0.3 is 6.01 Å². The van der Waals surface area contributed by atoms with Crippen molar-refractivity contribution in [3.05, 3.63) is 34.4 Å². The highest BCUT2D eigenvalue weighted by Gasteiger charge is 2.49. The summed E-state index contributed by atoms with van der Waals surface area (Å²) in [6.45, 7) is 1.69. The van der Waals surface area contributed by atoms with Crippen LogP contribution in [-0.4, -0.2) is 71.9 Å². The first-order chi connectivity index (χ1) is 21.6. The van der Waals surface area contributed by atoms with E-state index < -0.39 is 29.3 Å². The molecule has 3 aliphatic rings. The fourth-order valence-electron chi connectivity index (χ4n) is 6.88. The fourth-order valence-corrected chi connectivity index (χ4v) is 8.17. The first-order valence-corrected chi connectivity index (χ1v) is 15.6. The van der Waals surface area contributed by atoms with Gasteiger partial charge in [-0.3, -0.25) is 9.69 Å². The Hall–Kier alpha value is -4.06. The van der Waals surface area contributed by atoms with Crippen LogP contribution in [0.5, 0.6) is 11.8 Å². The average Bonchev–Trinajstić information content (AvgIpc) is 3.60. The summed E-state index contributed by atoms with van der Waals surface area (Å²) in [5.74, 6) is -1.71. The van der Waals surface area contributed by atoms with E-state index in [1.54, 1.807) is 4.90 Å². The quantitative estimate of drug-likeness (QED) is 0.283. The van der Waals surface area contributed by atoms with Crippen LogP contribution in [0.2, 0.25) is 5.02 Å². The maximum Gasteiger partial charge on any atom is 0.319 e. The molecule has 2 aromatic heterocycles. The number of halogens is 4. The molecular weight excluding hydrogens is 631 g/mol. The Labute approximate surface area is 264 Å². The fraction of sp³-hybridized carbons (Fsp3) is 0.400. The molecule has 3 aliphatic heterocycles. The summed E-state index contributed by atoms with van der Waals surface area (Å²) in [5, 5.41) is 10.1. The first kappa shape index (κ1) is 29.6. The number of thiophene rings is 1. The van der Waals surface area contributed by atoms with E-state index in [9.17, 15) is 18.8 Å². The number of nitrogens with two attached hydrogens (primary N) is 2. The number of hydrogen-bond acceptors (Lipinski definition) is 10. The third-order valence-electron chi connectivity index (χ3n) is 8.91. The molecule has 15 heteroatoms. The Bertz CT molecular complexity index is 1940. The second-order valence-corrected chi connectivity index (χ2v) is 13.0. The van der Waals surface area contributed by atoms with Crippen LogP contribution in [0, 0.1) is 23.0 Å². The number of nitriles is 1. The zero-order chi connectivity index (χ0) is 31.6. The number of anilines is 2. The number of hydrogen-bond donors (Lipinski definition) is 2. The lowest BCUT2D eigenvalue weighted by atomic mass is 9.95. The Morgan fingerprint density at radius 3 is 2.89 bits per heavy atom. The zero-order valence-electron chi connectivity index (χ0n) is 23.8. The van der Waals surface area contributed by atoms with E-state index in [0.717, 1.165) is 36.8 Å². The van der Waals surface area contributed by atoms with Gasteiger partial charge < -0.3 is 25.8 Å². The second-order valence-electron chi connectivity index (χ2n) is 11.6. The third-order valence-corrected chi connectivity index (χ3v) is 10.3. The summed E-state index contributed by atoms with van der Waals surface area (Å²) >= 11 is 7.77. The van der Waals surface area contributed by atoms with Gasteiger partial charge in [-0.05, 0) is 31.0 Å². The summed E-state index contributed by atoms with van der Waals surface area (Å²) in [7, 11) is 0. The van der Waals surface area contributed by atoms with E-state index in [1.165, 1.54) is 6.07 Å². The maximum absolute atomic E-state index is 16.9. The number of carbonyl (C=O) groups is 1. The van der Waals surface area contributed by atoms with Crippen molar-refractivity contribution >= 4 is 60.7 Å². The van der Waals surface area contributed by atoms with Crippen LogP contribution in [0.15, 0.2) is 12.1 Å². The largest absolute Gasteiger partial charge is 0.489 e. The molecule has 4 aromatic rings. The van der Waals surface area contributed by atoms with Crippen LogP contribution in [0.3, 0.4) is 0 Å². The van der Waals surface area contributed by atoms with Gasteiger partial charge in [0.15, 0.2) is 11.6 Å². The highest BCUT2D eigenvalue weighted by molar-refractivity contribution is 7.23. The Morgan fingerprint density at radius 1 is 1.29 bits per heavy atom. The highest BCUT2D eigenvalue weighted by atomic mass is 35.5. The number of fused-ring (bicyclic) bond motifs is 2. The molecule has 0 bridgehead atoms. The van der Waals surface area contributed by atoms with E-state index in [2.05, 4.69) is 14.9 Å². The minimum absolute atomic E-state index is 0.0000196. The molecule has 4 N–H and O–H groups in total. The molecule has 0 saturated carbocycles. The van der Waals surface area contributed by atoms with E-state index in [1.807, 2.05) is 6.07 Å². The van der Waals surface area contributed by atoms with E-state index in [-0.39, 0.29) is 98.0 Å². The van der Waals surface area contributed by atoms with E-state index in [0.29, 0.717) is 13.0 Å². The summed E-state index contributed by atoms with van der Waals surface area (Å²) in [5.41, 5.74) is 10.8. The summed E-state index contributed by atoms with van der Waals surface area (Å²) in [4.78, 5) is 24.6. The molecule has 0 spiro atoms. The smallest absolute Gasteiger partial charge is 0.319 e. The van der Waals surface area contributed by atoms with Gasteiger partial charge in [0.2, 0.25) is 5.91 Å². The van der Waals surface area contributed by atoms with Crippen molar-refractivity contribution in [2.24, 2.45) is 5.73 Å². The number of amides is 1. The molecule has 2 saturated heterocycles. The van der Waals surface area contributed by atoms with Crippen molar-refractivity contribution in [2.45, 2.75) is 37.4 Å². The normalized spacial score (nSPS) is 21.1. The van der Waals surface area contributed by atoms with Gasteiger partial charge in [-0.15, -0.1) is 11.3 Å². The van der Waals surface area contributed by atoms with Crippen molar-refractivity contribution in [1.82, 2.24) is 14.9 Å². The number of rotatable bonds is 7. The molecule has 45 heavy (non-hydrogen) atoms. The van der Waals surface area contributed by atoms with Crippen molar-refractivity contribution in [2.75, 3.05) is 50.0 Å². The molecule has 10 nitrogen and oxygen atoms in total. The zero-order valence-corrected chi connectivity index (χ0v) is 25.4. The minimum atomic E-state index is -0.973. The van der Waals surface area contributed by atoms with Gasteiger partial charge in [0.1, 0.15) is 47.6 Å². The number of nitrogens with zero attached hydrogens (tertiary/aromatic N) is 5. The van der Waals surface area contributed by atoms with E-state index >= 15 is 4.39 Å². The number of aromatic nitrogens is 2. The predicted molar refractivity (Wildman–Crippen MR) is 164 cm³/mol. The van der Waals surface area contributed by atoms with Crippen LogP contribution < -0.4 is 25.8 Å². The standard InChI is InChI=1S/C30H27ClF3N7O3S/c31-22-20(15-2-3-17(33)26-19(15)16(11-35)27(37)45-26)23(34)24-21-25(22)43-9-8-40(7-4-18(36)42)28(21)39-29(38-24)44-13-30-5-1-6-41(30)12-14(32)10-30/h2-3,14H,1,4-10,12-13,37H2,(H2,36,42)/t14-,30+/m1/s1. The molecule has 2 aromatic carbocycles. The van der Waals surface area contributed by atoms with Gasteiger partial charge in [0.25, 0.3) is 0 Å². The Balaban J connectivity index is 1.44. The van der Waals surface area contributed by atoms with Crippen molar-refractivity contribution < 1.29 is 27.4 Å². The molecule has 7 rings (SSSR count). The number of carbonyl (C=O) groups excluding carboxylic acids is 1. The first-order valence-electron chi connectivity index (χ1n) is 14.4. The summed E-state index contributed by atoms with van der Waals surface area (Å²) < 4.78 is 58.5. The molecule has 1 amide bonds. The molecule has 2 atom stereocenters. The molecule has 2 fully saturated rings.